The number of nitrogens with one attached hydrogen (secondary N) is 2. The fourth-order valence-electron chi connectivity index (χ4n) is 3.11. The smallest absolute Gasteiger partial charge is 0.269 e. The summed E-state index contributed by atoms with van der Waals surface area (Å²) in [7, 11) is 0. The normalized spacial score (nSPS) is 15.5. The Morgan fingerprint density at radius 2 is 1.89 bits per heavy atom. The van der Waals surface area contributed by atoms with Crippen LogP contribution in [0.15, 0.2) is 65.9 Å². The van der Waals surface area contributed by atoms with Gasteiger partial charge in [-0.3, -0.25) is 14.9 Å². The van der Waals surface area contributed by atoms with Gasteiger partial charge in [-0.2, -0.15) is 4.68 Å². The van der Waals surface area contributed by atoms with Crippen molar-refractivity contribution in [1.29, 1.82) is 0 Å². The summed E-state index contributed by atoms with van der Waals surface area (Å²) >= 11 is 0. The van der Waals surface area contributed by atoms with Crippen molar-refractivity contribution in [2.75, 3.05) is 10.6 Å². The molecule has 2 N–H and O–H groups in total. The first-order valence-electron chi connectivity index (χ1n) is 8.41. The zero-order chi connectivity index (χ0) is 19.7. The third kappa shape index (κ3) is 3.07. The largest absolute Gasteiger partial charge is 0.326 e. The van der Waals surface area contributed by atoms with Crippen LogP contribution in [0.25, 0.3) is 0 Å². The third-order valence-electron chi connectivity index (χ3n) is 4.41. The average molecular weight is 377 g/mol. The number of rotatable bonds is 4. The quantitative estimate of drug-likeness (QED) is 0.528. The molecule has 0 saturated heterocycles. The molecule has 1 aromatic heterocycles. The summed E-state index contributed by atoms with van der Waals surface area (Å²) in [5.74, 6) is 0.0674. The number of carbonyl (C=O) groups is 1. The Morgan fingerprint density at radius 1 is 1.18 bits per heavy atom. The highest BCUT2D eigenvalue weighted by Gasteiger charge is 2.34. The van der Waals surface area contributed by atoms with Gasteiger partial charge in [0.15, 0.2) is 0 Å². The molecule has 0 fully saturated rings. The summed E-state index contributed by atoms with van der Waals surface area (Å²) in [5.41, 5.74) is 2.28. The molecule has 1 atom stereocenters. The maximum Gasteiger partial charge on any atom is 0.269 e. The number of nitrogens with zero attached hydrogens (tertiary/aromatic N) is 5. The SMILES string of the molecule is CC1=C(C(=O)Nc2ccccc2)C(c2ccc([N+](=O)[O-])cc2)n2nnnc2N1. The van der Waals surface area contributed by atoms with E-state index in [0.29, 0.717) is 28.5 Å². The first kappa shape index (κ1) is 17.3. The van der Waals surface area contributed by atoms with Gasteiger partial charge >= 0.3 is 0 Å². The fourth-order valence-corrected chi connectivity index (χ4v) is 3.11. The topological polar surface area (TPSA) is 128 Å². The van der Waals surface area contributed by atoms with Crippen molar-refractivity contribution in [2.45, 2.75) is 13.0 Å². The lowest BCUT2D eigenvalue weighted by molar-refractivity contribution is -0.384. The van der Waals surface area contributed by atoms with E-state index in [0.717, 1.165) is 0 Å². The van der Waals surface area contributed by atoms with Crippen LogP contribution >= 0.6 is 0 Å². The monoisotopic (exact) mass is 377 g/mol. The molecule has 4 rings (SSSR count). The van der Waals surface area contributed by atoms with E-state index in [4.69, 9.17) is 0 Å². The number of aromatic nitrogens is 4. The van der Waals surface area contributed by atoms with Crippen LogP contribution in [0.4, 0.5) is 17.3 Å². The van der Waals surface area contributed by atoms with Gasteiger partial charge in [-0.25, -0.2) is 0 Å². The summed E-state index contributed by atoms with van der Waals surface area (Å²) in [6, 6.07) is 14.4. The number of hydrogen-bond acceptors (Lipinski definition) is 7. The minimum atomic E-state index is -0.629. The van der Waals surface area contributed by atoms with E-state index in [1.165, 1.54) is 16.8 Å². The Balaban J connectivity index is 1.76. The van der Waals surface area contributed by atoms with E-state index < -0.39 is 11.0 Å². The Hall–Kier alpha value is -4.08. The molecule has 3 aromatic rings. The second kappa shape index (κ2) is 6.91. The van der Waals surface area contributed by atoms with Crippen LogP contribution < -0.4 is 10.6 Å². The number of benzene rings is 2. The summed E-state index contributed by atoms with van der Waals surface area (Å²) in [6.45, 7) is 1.76. The lowest BCUT2D eigenvalue weighted by atomic mass is 9.95. The van der Waals surface area contributed by atoms with Gasteiger partial charge in [0.25, 0.3) is 11.6 Å². The zero-order valence-corrected chi connectivity index (χ0v) is 14.7. The maximum absolute atomic E-state index is 13.1. The predicted molar refractivity (Wildman–Crippen MR) is 100 cm³/mol. The van der Waals surface area contributed by atoms with Gasteiger partial charge in [-0.15, -0.1) is 0 Å². The number of anilines is 2. The standard InChI is InChI=1S/C18H15N7O3/c1-11-15(17(26)20-13-5-3-2-4-6-13)16(24-18(19-11)21-22-23-24)12-7-9-14(10-8-12)25(27)28/h2-10,16H,1H3,(H,20,26)(H,19,21,23). The van der Waals surface area contributed by atoms with E-state index >= 15 is 0 Å². The molecule has 1 unspecified atom stereocenters. The highest BCUT2D eigenvalue weighted by Crippen LogP contribution is 2.35. The first-order chi connectivity index (χ1) is 13.5. The van der Waals surface area contributed by atoms with Crippen LogP contribution in [0.1, 0.15) is 18.5 Å². The van der Waals surface area contributed by atoms with E-state index in [-0.39, 0.29) is 11.6 Å². The lowest BCUT2D eigenvalue weighted by Crippen LogP contribution is -2.31. The van der Waals surface area contributed by atoms with Crippen molar-refractivity contribution in [3.63, 3.8) is 0 Å². The molecule has 0 bridgehead atoms. The number of allylic oxidation sites excluding steroid dienone is 1. The van der Waals surface area contributed by atoms with Crippen molar-refractivity contribution in [3.05, 3.63) is 81.5 Å². The second-order valence-electron chi connectivity index (χ2n) is 6.18. The number of nitro groups is 1. The van der Waals surface area contributed by atoms with Gasteiger partial charge < -0.3 is 10.6 Å². The second-order valence-corrected chi connectivity index (χ2v) is 6.18. The third-order valence-corrected chi connectivity index (χ3v) is 4.41. The molecule has 28 heavy (non-hydrogen) atoms. The Bertz CT molecular complexity index is 1070. The molecule has 0 aliphatic carbocycles. The molecular formula is C18H15N7O3. The van der Waals surface area contributed by atoms with E-state index in [1.807, 2.05) is 18.2 Å². The molecule has 0 radical (unpaired) electrons. The van der Waals surface area contributed by atoms with Crippen LogP contribution in [-0.2, 0) is 4.79 Å². The Kier molecular flexibility index (Phi) is 4.28. The van der Waals surface area contributed by atoms with Gasteiger partial charge in [-0.1, -0.05) is 23.3 Å². The minimum absolute atomic E-state index is 0.0365. The first-order valence-corrected chi connectivity index (χ1v) is 8.41. The van der Waals surface area contributed by atoms with Crippen molar-refractivity contribution in [3.8, 4) is 0 Å². The van der Waals surface area contributed by atoms with Crippen LogP contribution in [0, 0.1) is 10.1 Å². The molecule has 1 amide bonds. The van der Waals surface area contributed by atoms with Crippen molar-refractivity contribution >= 4 is 23.2 Å². The lowest BCUT2D eigenvalue weighted by Gasteiger charge is -2.27. The molecule has 1 aliphatic heterocycles. The summed E-state index contributed by atoms with van der Waals surface area (Å²) in [4.78, 5) is 23.6. The molecule has 10 heteroatoms. The fraction of sp³-hybridized carbons (Fsp3) is 0.111. The molecular weight excluding hydrogens is 362 g/mol. The molecule has 1 aliphatic rings. The van der Waals surface area contributed by atoms with Gasteiger partial charge in [0.05, 0.1) is 10.5 Å². The van der Waals surface area contributed by atoms with Crippen LogP contribution in [0.3, 0.4) is 0 Å². The number of hydrogen-bond donors (Lipinski definition) is 2. The molecule has 2 heterocycles. The van der Waals surface area contributed by atoms with Crippen molar-refractivity contribution in [1.82, 2.24) is 20.2 Å². The molecule has 2 aromatic carbocycles. The van der Waals surface area contributed by atoms with Gasteiger partial charge in [0.2, 0.25) is 5.95 Å². The maximum atomic E-state index is 13.1. The average Bonchev–Trinajstić information content (AvgIpc) is 3.15. The van der Waals surface area contributed by atoms with Crippen molar-refractivity contribution < 1.29 is 9.72 Å². The summed E-state index contributed by atoms with van der Waals surface area (Å²) < 4.78 is 1.48. The number of para-hydroxylation sites is 1. The summed E-state index contributed by atoms with van der Waals surface area (Å²) in [6.07, 6.45) is 0. The Labute approximate surface area is 159 Å². The molecule has 140 valence electrons. The van der Waals surface area contributed by atoms with Crippen LogP contribution in [0.5, 0.6) is 0 Å². The van der Waals surface area contributed by atoms with E-state index in [1.54, 1.807) is 31.2 Å². The highest BCUT2D eigenvalue weighted by atomic mass is 16.6. The van der Waals surface area contributed by atoms with E-state index in [2.05, 4.69) is 26.2 Å². The number of nitro benzene ring substituents is 1. The van der Waals surface area contributed by atoms with Crippen molar-refractivity contribution in [2.24, 2.45) is 0 Å². The predicted octanol–water partition coefficient (Wildman–Crippen LogP) is 2.51. The highest BCUT2D eigenvalue weighted by molar-refractivity contribution is 6.06. The number of carbonyl (C=O) groups excluding carboxylic acids is 1. The van der Waals surface area contributed by atoms with Gasteiger partial charge in [0, 0.05) is 23.5 Å². The number of amides is 1. The summed E-state index contributed by atoms with van der Waals surface area (Å²) in [5, 5.41) is 28.4. The number of fused-ring (bicyclic) bond motifs is 1. The molecule has 10 nitrogen and oxygen atoms in total. The van der Waals surface area contributed by atoms with Crippen LogP contribution in [0.2, 0.25) is 0 Å². The van der Waals surface area contributed by atoms with Crippen LogP contribution in [-0.4, -0.2) is 31.0 Å². The van der Waals surface area contributed by atoms with E-state index in [9.17, 15) is 14.9 Å². The van der Waals surface area contributed by atoms with Gasteiger partial charge in [-0.05, 0) is 47.2 Å². The zero-order valence-electron chi connectivity index (χ0n) is 14.7. The molecule has 0 spiro atoms. The number of tetrazole rings is 1. The molecule has 0 saturated carbocycles. The Morgan fingerprint density at radius 3 is 2.57 bits per heavy atom. The minimum Gasteiger partial charge on any atom is -0.326 e. The number of non-ortho nitro benzene ring substituents is 1. The van der Waals surface area contributed by atoms with Gasteiger partial charge in [0.1, 0.15) is 6.04 Å².